The van der Waals surface area contributed by atoms with E-state index in [1.54, 1.807) is 6.92 Å². The van der Waals surface area contributed by atoms with Gasteiger partial charge in [-0.1, -0.05) is 42.5 Å². The number of hydrogen-bond acceptors (Lipinski definition) is 4. The van der Waals surface area contributed by atoms with Gasteiger partial charge in [-0.2, -0.15) is 0 Å². The maximum Gasteiger partial charge on any atom is 0.264 e. The van der Waals surface area contributed by atoms with E-state index in [-0.39, 0.29) is 23.9 Å². The topological polar surface area (TPSA) is 58.6 Å². The molecule has 32 heavy (non-hydrogen) atoms. The summed E-state index contributed by atoms with van der Waals surface area (Å²) in [6.07, 6.45) is 0.164. The number of hydrogen-bond donors (Lipinski definition) is 1. The molecule has 166 valence electrons. The molecule has 2 amide bonds. The van der Waals surface area contributed by atoms with Crippen LogP contribution in [0.4, 0.5) is 0 Å². The number of nitrogens with zero attached hydrogens (tertiary/aromatic N) is 1. The van der Waals surface area contributed by atoms with Gasteiger partial charge < -0.3 is 15.0 Å². The lowest BCUT2D eigenvalue weighted by atomic mass is 9.87. The summed E-state index contributed by atoms with van der Waals surface area (Å²) in [5.74, 6) is 0.517. The van der Waals surface area contributed by atoms with Gasteiger partial charge >= 0.3 is 0 Å². The lowest BCUT2D eigenvalue weighted by Gasteiger charge is -2.38. The molecule has 0 saturated heterocycles. The molecule has 1 aliphatic rings. The second-order valence-electron chi connectivity index (χ2n) is 8.32. The Morgan fingerprint density at radius 3 is 2.53 bits per heavy atom. The molecular weight excluding hydrogens is 420 g/mol. The van der Waals surface area contributed by atoms with Crippen molar-refractivity contribution in [3.63, 3.8) is 0 Å². The lowest BCUT2D eigenvalue weighted by Crippen LogP contribution is -2.41. The van der Waals surface area contributed by atoms with E-state index in [1.165, 1.54) is 16.9 Å². The number of carbonyl (C=O) groups excluding carboxylic acids is 2. The van der Waals surface area contributed by atoms with Gasteiger partial charge in [0.2, 0.25) is 0 Å². The molecule has 2 atom stereocenters. The molecular formula is C26H28N2O3S. The molecule has 5 nitrogen and oxygen atoms in total. The van der Waals surface area contributed by atoms with Crippen LogP contribution in [0.15, 0.2) is 66.0 Å². The van der Waals surface area contributed by atoms with E-state index < -0.39 is 6.10 Å². The van der Waals surface area contributed by atoms with Crippen molar-refractivity contribution in [3.8, 4) is 5.75 Å². The molecule has 0 saturated carbocycles. The fourth-order valence-corrected chi connectivity index (χ4v) is 4.76. The predicted octanol–water partition coefficient (Wildman–Crippen LogP) is 4.83. The van der Waals surface area contributed by atoms with Gasteiger partial charge in [-0.25, -0.2) is 0 Å². The Morgan fingerprint density at radius 1 is 1.06 bits per heavy atom. The van der Waals surface area contributed by atoms with Crippen molar-refractivity contribution in [1.29, 1.82) is 0 Å². The van der Waals surface area contributed by atoms with Crippen LogP contribution in [-0.2, 0) is 11.2 Å². The van der Waals surface area contributed by atoms with Crippen LogP contribution < -0.4 is 10.1 Å². The van der Waals surface area contributed by atoms with Crippen LogP contribution in [0.5, 0.6) is 5.75 Å². The van der Waals surface area contributed by atoms with Gasteiger partial charge in [0.1, 0.15) is 5.75 Å². The Hall–Kier alpha value is -3.12. The molecule has 0 radical (unpaired) electrons. The molecule has 1 aliphatic heterocycles. The monoisotopic (exact) mass is 448 g/mol. The fraction of sp³-hybridized carbons (Fsp3) is 0.308. The number of rotatable bonds is 6. The highest BCUT2D eigenvalue weighted by atomic mass is 32.1. The lowest BCUT2D eigenvalue weighted by molar-refractivity contribution is -0.127. The van der Waals surface area contributed by atoms with Crippen LogP contribution in [-0.4, -0.2) is 35.4 Å². The number of nitrogens with one attached hydrogen (secondary N) is 1. The van der Waals surface area contributed by atoms with Gasteiger partial charge in [-0.3, -0.25) is 9.59 Å². The van der Waals surface area contributed by atoms with Crippen molar-refractivity contribution < 1.29 is 14.3 Å². The number of amides is 2. The average molecular weight is 449 g/mol. The summed E-state index contributed by atoms with van der Waals surface area (Å²) in [5, 5.41) is 4.81. The summed E-state index contributed by atoms with van der Waals surface area (Å²) < 4.78 is 5.98. The Morgan fingerprint density at radius 2 is 1.84 bits per heavy atom. The average Bonchev–Trinajstić information content (AvgIpc) is 3.33. The van der Waals surface area contributed by atoms with Crippen molar-refractivity contribution in [1.82, 2.24) is 10.2 Å². The molecule has 1 aromatic heterocycles. The quantitative estimate of drug-likeness (QED) is 0.588. The Kier molecular flexibility index (Phi) is 6.61. The molecule has 2 unspecified atom stereocenters. The van der Waals surface area contributed by atoms with E-state index in [0.29, 0.717) is 12.3 Å². The van der Waals surface area contributed by atoms with Crippen molar-refractivity contribution in [2.24, 2.45) is 0 Å². The van der Waals surface area contributed by atoms with Crippen LogP contribution in [0.2, 0.25) is 0 Å². The van der Waals surface area contributed by atoms with Gasteiger partial charge in [-0.15, -0.1) is 11.3 Å². The zero-order valence-corrected chi connectivity index (χ0v) is 19.4. The Labute approximate surface area is 193 Å². The minimum atomic E-state index is -0.613. The molecule has 0 bridgehead atoms. The van der Waals surface area contributed by atoms with Crippen LogP contribution in [0.25, 0.3) is 0 Å². The first-order valence-electron chi connectivity index (χ1n) is 10.9. The molecule has 0 fully saturated rings. The highest BCUT2D eigenvalue weighted by Gasteiger charge is 2.33. The number of benzene rings is 2. The molecule has 0 aliphatic carbocycles. The van der Waals surface area contributed by atoms with Crippen molar-refractivity contribution in [2.45, 2.75) is 45.4 Å². The van der Waals surface area contributed by atoms with Gasteiger partial charge in [0, 0.05) is 12.6 Å². The van der Waals surface area contributed by atoms with Gasteiger partial charge in [0.15, 0.2) is 6.10 Å². The van der Waals surface area contributed by atoms with Crippen molar-refractivity contribution in [3.05, 3.63) is 87.6 Å². The fourth-order valence-electron chi connectivity index (χ4n) is 4.08. The minimum Gasteiger partial charge on any atom is -0.481 e. The maximum absolute atomic E-state index is 13.4. The number of ether oxygens (including phenoxy) is 1. The Balaban J connectivity index is 1.68. The van der Waals surface area contributed by atoms with E-state index >= 15 is 0 Å². The first-order valence-corrected chi connectivity index (χ1v) is 11.8. The number of carbonyl (C=O) groups is 2. The van der Waals surface area contributed by atoms with Crippen LogP contribution >= 0.6 is 11.3 Å². The molecule has 6 heteroatoms. The highest BCUT2D eigenvalue weighted by Crippen LogP contribution is 2.38. The first-order chi connectivity index (χ1) is 15.4. The number of thiophene rings is 1. The highest BCUT2D eigenvalue weighted by molar-refractivity contribution is 7.12. The predicted molar refractivity (Wildman–Crippen MR) is 127 cm³/mol. The standard InChI is InChI=1S/C26H28N2O3S/c1-17(2)27-25(29)18(3)31-21-12-11-19-13-14-28(26(30)23-10-7-15-32-23)24(22(19)16-21)20-8-5-4-6-9-20/h4-12,15-18,24H,13-14H2,1-3H3,(H,27,29). The zero-order chi connectivity index (χ0) is 22.7. The van der Waals surface area contributed by atoms with E-state index in [9.17, 15) is 9.59 Å². The molecule has 3 aromatic rings. The Bertz CT molecular complexity index is 1080. The van der Waals surface area contributed by atoms with Crippen molar-refractivity contribution in [2.75, 3.05) is 6.54 Å². The molecule has 2 aromatic carbocycles. The van der Waals surface area contributed by atoms with Crippen LogP contribution in [0, 0.1) is 0 Å². The molecule has 0 spiro atoms. The third kappa shape index (κ3) is 4.70. The second kappa shape index (κ2) is 9.57. The summed E-state index contributed by atoms with van der Waals surface area (Å²) >= 11 is 1.46. The zero-order valence-electron chi connectivity index (χ0n) is 18.6. The normalized spacial score (nSPS) is 16.4. The van der Waals surface area contributed by atoms with Crippen molar-refractivity contribution >= 4 is 23.2 Å². The first kappa shape index (κ1) is 22.1. The van der Waals surface area contributed by atoms with E-state index in [2.05, 4.69) is 23.5 Å². The summed E-state index contributed by atoms with van der Waals surface area (Å²) in [7, 11) is 0. The summed E-state index contributed by atoms with van der Waals surface area (Å²) in [4.78, 5) is 28.4. The number of fused-ring (bicyclic) bond motifs is 1. The van der Waals surface area contributed by atoms with Crippen LogP contribution in [0.3, 0.4) is 0 Å². The van der Waals surface area contributed by atoms with Gasteiger partial charge in [0.05, 0.1) is 10.9 Å². The summed E-state index contributed by atoms with van der Waals surface area (Å²) in [6, 6.07) is 19.7. The molecule has 2 heterocycles. The third-order valence-electron chi connectivity index (χ3n) is 5.57. The largest absolute Gasteiger partial charge is 0.481 e. The van der Waals surface area contributed by atoms with E-state index in [1.807, 2.05) is 66.6 Å². The van der Waals surface area contributed by atoms with E-state index in [0.717, 1.165) is 22.4 Å². The van der Waals surface area contributed by atoms with Crippen LogP contribution in [0.1, 0.15) is 53.2 Å². The van der Waals surface area contributed by atoms with E-state index in [4.69, 9.17) is 4.74 Å². The molecule has 4 rings (SSSR count). The van der Waals surface area contributed by atoms with Gasteiger partial charge in [-0.05, 0) is 67.5 Å². The second-order valence-corrected chi connectivity index (χ2v) is 9.27. The summed E-state index contributed by atoms with van der Waals surface area (Å²) in [5.41, 5.74) is 3.29. The SMILES string of the molecule is CC(C)NC(=O)C(C)Oc1ccc2c(c1)C(c1ccccc1)N(C(=O)c1cccs1)CC2. The molecule has 1 N–H and O–H groups in total. The van der Waals surface area contributed by atoms with Gasteiger partial charge in [0.25, 0.3) is 11.8 Å². The third-order valence-corrected chi connectivity index (χ3v) is 6.42. The minimum absolute atomic E-state index is 0.0375. The maximum atomic E-state index is 13.4. The summed E-state index contributed by atoms with van der Waals surface area (Å²) in [6.45, 7) is 6.25. The smallest absolute Gasteiger partial charge is 0.264 e.